The van der Waals surface area contributed by atoms with Gasteiger partial charge in [-0.1, -0.05) is 36.4 Å². The molecule has 7 nitrogen and oxygen atoms in total. The molecule has 1 unspecified atom stereocenters. The van der Waals surface area contributed by atoms with Gasteiger partial charge in [-0.15, -0.1) is 35.3 Å². The van der Waals surface area contributed by atoms with E-state index in [1.807, 2.05) is 37.3 Å². The summed E-state index contributed by atoms with van der Waals surface area (Å²) in [5.74, 6) is 0.525. The van der Waals surface area contributed by atoms with Gasteiger partial charge in [0.05, 0.1) is 11.4 Å². The summed E-state index contributed by atoms with van der Waals surface area (Å²) < 4.78 is 28.2. The Labute approximate surface area is 204 Å². The highest BCUT2D eigenvalue weighted by atomic mass is 127. The van der Waals surface area contributed by atoms with Crippen molar-refractivity contribution < 1.29 is 13.5 Å². The van der Waals surface area contributed by atoms with Gasteiger partial charge in [0.25, 0.3) is 0 Å². The molecule has 0 bridgehead atoms. The highest BCUT2D eigenvalue weighted by Gasteiger charge is 2.13. The molecule has 0 amide bonds. The van der Waals surface area contributed by atoms with Crippen LogP contribution in [-0.2, 0) is 10.0 Å². The predicted octanol–water partition coefficient (Wildman–Crippen LogP) is 3.09. The quantitative estimate of drug-likeness (QED) is 0.136. The SMILES string of the molecule is CCNC(=NCC(O)c1cc2ccccc2s1)NCCNS(=O)(=O)c1ccccc1.I. The molecule has 0 radical (unpaired) electrons. The summed E-state index contributed by atoms with van der Waals surface area (Å²) in [6, 6.07) is 18.2. The Morgan fingerprint density at radius 2 is 1.77 bits per heavy atom. The van der Waals surface area contributed by atoms with E-state index in [9.17, 15) is 13.5 Å². The van der Waals surface area contributed by atoms with E-state index in [1.54, 1.807) is 41.7 Å². The molecular weight excluding hydrogens is 547 g/mol. The molecule has 2 aromatic carbocycles. The second kappa shape index (κ2) is 12.3. The minimum absolute atomic E-state index is 0. The van der Waals surface area contributed by atoms with Crippen LogP contribution in [0.25, 0.3) is 10.1 Å². The molecule has 0 aliphatic carbocycles. The van der Waals surface area contributed by atoms with Gasteiger partial charge in [0.2, 0.25) is 10.0 Å². The number of halogens is 1. The molecule has 0 saturated carbocycles. The van der Waals surface area contributed by atoms with Gasteiger partial charge >= 0.3 is 0 Å². The highest BCUT2D eigenvalue weighted by molar-refractivity contribution is 14.0. The zero-order valence-corrected chi connectivity index (χ0v) is 21.1. The largest absolute Gasteiger partial charge is 0.386 e. The number of nitrogens with zero attached hydrogens (tertiary/aromatic N) is 1. The Balaban J connectivity index is 0.00000341. The van der Waals surface area contributed by atoms with E-state index in [0.29, 0.717) is 19.0 Å². The number of sulfonamides is 1. The first-order chi connectivity index (χ1) is 14.5. The number of benzene rings is 2. The molecule has 31 heavy (non-hydrogen) atoms. The second-order valence-electron chi connectivity index (χ2n) is 6.56. The van der Waals surface area contributed by atoms with Crippen LogP contribution in [-0.4, -0.2) is 45.7 Å². The van der Waals surface area contributed by atoms with Crippen molar-refractivity contribution in [2.45, 2.75) is 17.9 Å². The van der Waals surface area contributed by atoms with Gasteiger partial charge in [-0.3, -0.25) is 4.99 Å². The van der Waals surface area contributed by atoms with Gasteiger partial charge in [0.15, 0.2) is 5.96 Å². The Morgan fingerprint density at radius 3 is 2.48 bits per heavy atom. The number of hydrogen-bond acceptors (Lipinski definition) is 5. The summed E-state index contributed by atoms with van der Waals surface area (Å²) in [5, 5.41) is 17.8. The lowest BCUT2D eigenvalue weighted by Crippen LogP contribution is -2.41. The fourth-order valence-corrected chi connectivity index (χ4v) is 4.92. The predicted molar refractivity (Wildman–Crippen MR) is 138 cm³/mol. The summed E-state index contributed by atoms with van der Waals surface area (Å²) >= 11 is 1.56. The van der Waals surface area contributed by atoms with Crippen LogP contribution in [0.5, 0.6) is 0 Å². The molecule has 0 fully saturated rings. The number of fused-ring (bicyclic) bond motifs is 1. The lowest BCUT2D eigenvalue weighted by atomic mass is 10.2. The molecule has 168 valence electrons. The number of aliphatic imine (C=N–C) groups is 1. The maximum absolute atomic E-state index is 12.2. The summed E-state index contributed by atoms with van der Waals surface area (Å²) in [6.45, 7) is 3.37. The molecule has 3 rings (SSSR count). The van der Waals surface area contributed by atoms with Gasteiger partial charge in [-0.2, -0.15) is 0 Å². The van der Waals surface area contributed by atoms with Crippen molar-refractivity contribution >= 4 is 61.4 Å². The Bertz CT molecular complexity index is 1060. The molecule has 3 aromatic rings. The molecule has 1 heterocycles. The number of guanidine groups is 1. The van der Waals surface area contributed by atoms with Crippen LogP contribution in [0.4, 0.5) is 0 Å². The van der Waals surface area contributed by atoms with E-state index in [4.69, 9.17) is 0 Å². The van der Waals surface area contributed by atoms with E-state index in [-0.39, 0.29) is 42.0 Å². The summed E-state index contributed by atoms with van der Waals surface area (Å²) in [4.78, 5) is 5.53. The van der Waals surface area contributed by atoms with E-state index in [2.05, 4.69) is 20.3 Å². The summed E-state index contributed by atoms with van der Waals surface area (Å²) in [5.41, 5.74) is 0. The second-order valence-corrected chi connectivity index (χ2v) is 9.44. The lowest BCUT2D eigenvalue weighted by molar-refractivity contribution is 0.191. The first-order valence-electron chi connectivity index (χ1n) is 9.73. The van der Waals surface area contributed by atoms with E-state index in [1.165, 1.54) is 0 Å². The van der Waals surface area contributed by atoms with Crippen molar-refractivity contribution in [1.82, 2.24) is 15.4 Å². The molecule has 10 heteroatoms. The summed E-state index contributed by atoms with van der Waals surface area (Å²) in [7, 11) is -3.53. The van der Waals surface area contributed by atoms with Crippen molar-refractivity contribution in [2.75, 3.05) is 26.2 Å². The monoisotopic (exact) mass is 574 g/mol. The molecule has 0 aliphatic heterocycles. The summed E-state index contributed by atoms with van der Waals surface area (Å²) in [6.07, 6.45) is -0.700. The van der Waals surface area contributed by atoms with Crippen LogP contribution in [0.3, 0.4) is 0 Å². The molecular formula is C21H27IN4O3S2. The third kappa shape index (κ3) is 7.42. The normalized spacial score (nSPS) is 12.9. The number of aliphatic hydroxyl groups excluding tert-OH is 1. The van der Waals surface area contributed by atoms with E-state index < -0.39 is 16.1 Å². The smallest absolute Gasteiger partial charge is 0.240 e. The Morgan fingerprint density at radius 1 is 1.06 bits per heavy atom. The zero-order valence-electron chi connectivity index (χ0n) is 17.1. The van der Waals surface area contributed by atoms with Crippen LogP contribution in [0.15, 0.2) is 70.6 Å². The number of aliphatic hydroxyl groups is 1. The van der Waals surface area contributed by atoms with Crippen molar-refractivity contribution in [1.29, 1.82) is 0 Å². The average molecular weight is 575 g/mol. The van der Waals surface area contributed by atoms with Crippen LogP contribution in [0, 0.1) is 0 Å². The highest BCUT2D eigenvalue weighted by Crippen LogP contribution is 2.29. The van der Waals surface area contributed by atoms with E-state index >= 15 is 0 Å². The van der Waals surface area contributed by atoms with E-state index in [0.717, 1.165) is 15.0 Å². The lowest BCUT2D eigenvalue weighted by Gasteiger charge is -2.13. The van der Waals surface area contributed by atoms with Crippen molar-refractivity contribution in [3.8, 4) is 0 Å². The maximum Gasteiger partial charge on any atom is 0.240 e. The van der Waals surface area contributed by atoms with Gasteiger partial charge in [-0.05, 0) is 36.6 Å². The van der Waals surface area contributed by atoms with Crippen molar-refractivity contribution in [3.63, 3.8) is 0 Å². The van der Waals surface area contributed by atoms with Gasteiger partial charge in [0, 0.05) is 29.2 Å². The topological polar surface area (TPSA) is 103 Å². The fourth-order valence-electron chi connectivity index (χ4n) is 2.83. The molecule has 0 aliphatic rings. The minimum atomic E-state index is -3.53. The standard InChI is InChI=1S/C21H26N4O3S2.HI/c1-2-22-21(23-12-13-25-30(27,28)17-9-4-3-5-10-17)24-15-18(26)20-14-16-8-6-7-11-19(16)29-20;/h3-11,14,18,25-26H,2,12-13,15H2,1H3,(H2,22,23,24);1H. The number of thiophene rings is 1. The molecule has 0 spiro atoms. The maximum atomic E-state index is 12.2. The Kier molecular flexibility index (Phi) is 10.2. The number of rotatable bonds is 9. The van der Waals surface area contributed by atoms with Crippen LogP contribution in [0.2, 0.25) is 0 Å². The molecule has 0 saturated heterocycles. The van der Waals surface area contributed by atoms with Crippen LogP contribution < -0.4 is 15.4 Å². The first kappa shape index (κ1) is 25.5. The van der Waals surface area contributed by atoms with Crippen LogP contribution >= 0.6 is 35.3 Å². The van der Waals surface area contributed by atoms with Gasteiger partial charge in [-0.25, -0.2) is 13.1 Å². The molecule has 1 atom stereocenters. The fraction of sp³-hybridized carbons (Fsp3) is 0.286. The first-order valence-corrected chi connectivity index (χ1v) is 12.0. The minimum Gasteiger partial charge on any atom is -0.386 e. The Hall–Kier alpha value is -1.73. The third-order valence-electron chi connectivity index (χ3n) is 4.30. The van der Waals surface area contributed by atoms with Gasteiger partial charge in [0.1, 0.15) is 6.10 Å². The van der Waals surface area contributed by atoms with Crippen molar-refractivity contribution in [3.05, 3.63) is 65.5 Å². The molecule has 4 N–H and O–H groups in total. The zero-order chi connectivity index (χ0) is 21.4. The van der Waals surface area contributed by atoms with Crippen molar-refractivity contribution in [2.24, 2.45) is 4.99 Å². The average Bonchev–Trinajstić information content (AvgIpc) is 3.20. The number of nitrogens with one attached hydrogen (secondary N) is 3. The number of hydrogen-bond donors (Lipinski definition) is 4. The molecule has 1 aromatic heterocycles. The van der Waals surface area contributed by atoms with Gasteiger partial charge < -0.3 is 15.7 Å². The third-order valence-corrected chi connectivity index (χ3v) is 7.00. The van der Waals surface area contributed by atoms with Crippen LogP contribution in [0.1, 0.15) is 17.9 Å².